The predicted octanol–water partition coefficient (Wildman–Crippen LogP) is 3.57. The van der Waals surface area contributed by atoms with E-state index >= 15 is 0 Å². The quantitative estimate of drug-likeness (QED) is 0.534. The van der Waals surface area contributed by atoms with E-state index in [4.69, 9.17) is 0 Å². The minimum atomic E-state index is 0.456. The number of carbonyl (C=O) groups excluding carboxylic acids is 1. The highest BCUT2D eigenvalue weighted by Gasteiger charge is 2.06. The molecule has 0 aliphatic carbocycles. The van der Waals surface area contributed by atoms with E-state index in [-0.39, 0.29) is 0 Å². The van der Waals surface area contributed by atoms with Crippen molar-refractivity contribution in [1.29, 1.82) is 0 Å². The van der Waals surface area contributed by atoms with Crippen LogP contribution in [0.4, 0.5) is 0 Å². The van der Waals surface area contributed by atoms with Gasteiger partial charge in [0.25, 0.3) is 0 Å². The van der Waals surface area contributed by atoms with Crippen LogP contribution in [0.3, 0.4) is 0 Å². The van der Waals surface area contributed by atoms with Gasteiger partial charge < -0.3 is 0 Å². The maximum absolute atomic E-state index is 11.3. The van der Waals surface area contributed by atoms with Gasteiger partial charge in [-0.3, -0.25) is 4.79 Å². The molecule has 1 nitrogen and oxygen atoms in total. The summed E-state index contributed by atoms with van der Waals surface area (Å²) in [5.74, 6) is 1.04. The van der Waals surface area contributed by atoms with Crippen LogP contribution >= 0.6 is 0 Å². The average Bonchev–Trinajstić information content (AvgIpc) is 2.05. The molecule has 0 aliphatic heterocycles. The lowest BCUT2D eigenvalue weighted by Crippen LogP contribution is -2.04. The van der Waals surface area contributed by atoms with Gasteiger partial charge in [0.15, 0.2) is 0 Å². The minimum Gasteiger partial charge on any atom is -0.300 e. The van der Waals surface area contributed by atoms with Crippen molar-refractivity contribution in [1.82, 2.24) is 0 Å². The summed E-state index contributed by atoms with van der Waals surface area (Å²) in [6, 6.07) is 0. The largest absolute Gasteiger partial charge is 0.300 e. The number of hydrogen-bond acceptors (Lipinski definition) is 1. The molecule has 0 saturated heterocycles. The zero-order valence-electron chi connectivity index (χ0n) is 8.73. The van der Waals surface area contributed by atoms with Crippen LogP contribution < -0.4 is 0 Å². The normalized spacial score (nSPS) is 12.9. The zero-order chi connectivity index (χ0) is 9.40. The lowest BCUT2D eigenvalue weighted by molar-refractivity contribution is -0.120. The van der Waals surface area contributed by atoms with Crippen LogP contribution in [0.1, 0.15) is 59.3 Å². The number of unbranched alkanes of at least 4 members (excludes halogenated alkanes) is 2. The molecule has 0 unspecified atom stereocenters. The molecule has 0 aromatic rings. The highest BCUT2D eigenvalue weighted by molar-refractivity contribution is 5.78. The molecule has 12 heavy (non-hydrogen) atoms. The minimum absolute atomic E-state index is 0.456. The highest BCUT2D eigenvalue weighted by atomic mass is 16.1. The van der Waals surface area contributed by atoms with Crippen molar-refractivity contribution in [2.75, 3.05) is 0 Å². The zero-order valence-corrected chi connectivity index (χ0v) is 8.73. The average molecular weight is 170 g/mol. The van der Waals surface area contributed by atoms with E-state index in [2.05, 4.69) is 20.8 Å². The first-order valence-electron chi connectivity index (χ1n) is 5.22. The van der Waals surface area contributed by atoms with Gasteiger partial charge >= 0.3 is 0 Å². The third kappa shape index (κ3) is 6.38. The molecule has 0 amide bonds. The maximum Gasteiger partial charge on any atom is 0.133 e. The Bertz CT molecular complexity index is 118. The van der Waals surface area contributed by atoms with Crippen LogP contribution in [0, 0.1) is 5.92 Å². The van der Waals surface area contributed by atoms with Crippen molar-refractivity contribution >= 4 is 5.78 Å². The summed E-state index contributed by atoms with van der Waals surface area (Å²) >= 11 is 0. The van der Waals surface area contributed by atoms with Crippen LogP contribution in [0.15, 0.2) is 0 Å². The van der Waals surface area contributed by atoms with Crippen LogP contribution in [0.5, 0.6) is 0 Å². The second-order valence-electron chi connectivity index (χ2n) is 3.71. The smallest absolute Gasteiger partial charge is 0.133 e. The number of carbonyl (C=O) groups is 1. The summed E-state index contributed by atoms with van der Waals surface area (Å²) in [7, 11) is 0. The Morgan fingerprint density at radius 3 is 2.42 bits per heavy atom. The third-order valence-corrected chi connectivity index (χ3v) is 2.33. The predicted molar refractivity (Wildman–Crippen MR) is 53.2 cm³/mol. The molecule has 0 aromatic heterocycles. The molecule has 1 heteroatoms. The molecule has 0 heterocycles. The molecular formula is C11H22O. The molecule has 0 bridgehead atoms. The van der Waals surface area contributed by atoms with Crippen molar-refractivity contribution < 1.29 is 4.79 Å². The molecule has 0 saturated carbocycles. The number of rotatable bonds is 7. The molecule has 0 aliphatic rings. The summed E-state index contributed by atoms with van der Waals surface area (Å²) in [4.78, 5) is 11.3. The van der Waals surface area contributed by atoms with Crippen LogP contribution in [0.25, 0.3) is 0 Å². The Hall–Kier alpha value is -0.330. The second-order valence-corrected chi connectivity index (χ2v) is 3.71. The van der Waals surface area contributed by atoms with Gasteiger partial charge in [-0.1, -0.05) is 40.0 Å². The number of ketones is 1. The summed E-state index contributed by atoms with van der Waals surface area (Å²) in [5, 5.41) is 0. The van der Waals surface area contributed by atoms with Gasteiger partial charge in [0, 0.05) is 12.8 Å². The molecular weight excluding hydrogens is 148 g/mol. The molecule has 1 atom stereocenters. The fourth-order valence-electron chi connectivity index (χ4n) is 1.21. The Balaban J connectivity index is 3.33. The Kier molecular flexibility index (Phi) is 7.12. The fourth-order valence-corrected chi connectivity index (χ4v) is 1.21. The van der Waals surface area contributed by atoms with Crippen molar-refractivity contribution in [2.45, 2.75) is 59.3 Å². The van der Waals surface area contributed by atoms with E-state index < -0.39 is 0 Å². The molecule has 0 spiro atoms. The van der Waals surface area contributed by atoms with Crippen molar-refractivity contribution in [3.63, 3.8) is 0 Å². The maximum atomic E-state index is 11.3. The fraction of sp³-hybridized carbons (Fsp3) is 0.909. The van der Waals surface area contributed by atoms with E-state index in [1.165, 1.54) is 12.8 Å². The monoisotopic (exact) mass is 170 g/mol. The van der Waals surface area contributed by atoms with E-state index in [1.807, 2.05) is 0 Å². The van der Waals surface area contributed by atoms with E-state index in [0.717, 1.165) is 25.7 Å². The van der Waals surface area contributed by atoms with Gasteiger partial charge in [-0.2, -0.15) is 0 Å². The van der Waals surface area contributed by atoms with Gasteiger partial charge in [-0.25, -0.2) is 0 Å². The topological polar surface area (TPSA) is 17.1 Å². The van der Waals surface area contributed by atoms with Crippen molar-refractivity contribution in [3.05, 3.63) is 0 Å². The summed E-state index contributed by atoms with van der Waals surface area (Å²) in [6.07, 6.45) is 6.21. The lowest BCUT2D eigenvalue weighted by Gasteiger charge is -2.06. The first-order valence-corrected chi connectivity index (χ1v) is 5.22. The van der Waals surface area contributed by atoms with Gasteiger partial charge in [0.2, 0.25) is 0 Å². The van der Waals surface area contributed by atoms with Gasteiger partial charge in [0.1, 0.15) is 5.78 Å². The molecule has 0 fully saturated rings. The summed E-state index contributed by atoms with van der Waals surface area (Å²) in [5.41, 5.74) is 0. The molecule has 0 rings (SSSR count). The Labute approximate surface area is 76.6 Å². The molecule has 72 valence electrons. The van der Waals surface area contributed by atoms with E-state index in [0.29, 0.717) is 11.7 Å². The summed E-state index contributed by atoms with van der Waals surface area (Å²) in [6.45, 7) is 6.46. The van der Waals surface area contributed by atoms with Crippen molar-refractivity contribution in [2.24, 2.45) is 5.92 Å². The summed E-state index contributed by atoms with van der Waals surface area (Å²) < 4.78 is 0. The number of Topliss-reactive ketones (excluding diaryl/α,β-unsaturated/α-hetero) is 1. The Morgan fingerprint density at radius 2 is 1.92 bits per heavy atom. The second kappa shape index (κ2) is 7.33. The van der Waals surface area contributed by atoms with Gasteiger partial charge in [-0.15, -0.1) is 0 Å². The van der Waals surface area contributed by atoms with Gasteiger partial charge in [0.05, 0.1) is 0 Å². The molecule has 0 N–H and O–H groups in total. The van der Waals surface area contributed by atoms with Crippen LogP contribution in [-0.2, 0) is 4.79 Å². The van der Waals surface area contributed by atoms with Crippen LogP contribution in [-0.4, -0.2) is 5.78 Å². The molecule has 0 aromatic carbocycles. The van der Waals surface area contributed by atoms with Gasteiger partial charge in [-0.05, 0) is 12.3 Å². The molecule has 0 radical (unpaired) electrons. The van der Waals surface area contributed by atoms with E-state index in [9.17, 15) is 4.79 Å². The number of hydrogen-bond donors (Lipinski definition) is 0. The highest BCUT2D eigenvalue weighted by Crippen LogP contribution is 2.10. The lowest BCUT2D eigenvalue weighted by atomic mass is 9.99. The first-order chi connectivity index (χ1) is 5.70. The standard InChI is InChI=1S/C11H22O/c1-4-6-7-8-11(12)9-10(3)5-2/h10H,4-9H2,1-3H3/t10-/m0/s1. The SMILES string of the molecule is CCCCCC(=O)C[C@@H](C)CC. The Morgan fingerprint density at radius 1 is 1.25 bits per heavy atom. The third-order valence-electron chi connectivity index (χ3n) is 2.33. The first kappa shape index (κ1) is 11.7. The van der Waals surface area contributed by atoms with Crippen molar-refractivity contribution in [3.8, 4) is 0 Å². The van der Waals surface area contributed by atoms with Crippen LogP contribution in [0.2, 0.25) is 0 Å². The van der Waals surface area contributed by atoms with E-state index in [1.54, 1.807) is 0 Å².